The van der Waals surface area contributed by atoms with Crippen molar-refractivity contribution in [2.45, 2.75) is 26.4 Å². The molecule has 4 rings (SSSR count). The lowest BCUT2D eigenvalue weighted by atomic mass is 10.1. The molecule has 7 heteroatoms. The minimum Gasteiger partial charge on any atom is -0.496 e. The van der Waals surface area contributed by atoms with Gasteiger partial charge in [-0.15, -0.1) is 21.5 Å². The molecule has 0 spiro atoms. The molecule has 0 N–H and O–H groups in total. The Hall–Kier alpha value is -2.22. The molecule has 1 aliphatic heterocycles. The summed E-state index contributed by atoms with van der Waals surface area (Å²) in [4.78, 5) is 5.91. The van der Waals surface area contributed by atoms with E-state index in [-0.39, 0.29) is 6.04 Å². The normalized spacial score (nSPS) is 17.0. The van der Waals surface area contributed by atoms with Gasteiger partial charge in [-0.1, -0.05) is 23.8 Å². The smallest absolute Gasteiger partial charge is 0.257 e. The maximum atomic E-state index is 5.93. The Morgan fingerprint density at radius 1 is 1.18 bits per heavy atom. The first kappa shape index (κ1) is 19.1. The van der Waals surface area contributed by atoms with Crippen molar-refractivity contribution in [2.75, 3.05) is 33.3 Å². The van der Waals surface area contributed by atoms with Crippen LogP contribution in [0.2, 0.25) is 0 Å². The summed E-state index contributed by atoms with van der Waals surface area (Å²) in [5.41, 5.74) is 2.52. The van der Waals surface area contributed by atoms with E-state index >= 15 is 0 Å². The average molecular weight is 399 g/mol. The Balaban J connectivity index is 1.36. The second-order valence-electron chi connectivity index (χ2n) is 7.23. The molecule has 1 saturated heterocycles. The van der Waals surface area contributed by atoms with Crippen LogP contribution in [0.1, 0.15) is 30.0 Å². The van der Waals surface area contributed by atoms with E-state index in [1.54, 1.807) is 18.4 Å². The standard InChI is InChI=1S/C21H26N4O2S/c1-15-6-7-18(26-3)17(13-15)14-24-8-10-25(11-9-24)16(2)20-22-23-21(27-20)19-5-4-12-28-19/h4-7,12-13,16H,8-11,14H2,1-3H3/t16-/m0/s1. The Morgan fingerprint density at radius 3 is 2.71 bits per heavy atom. The molecule has 6 nitrogen and oxygen atoms in total. The molecule has 1 fully saturated rings. The summed E-state index contributed by atoms with van der Waals surface area (Å²) >= 11 is 1.61. The van der Waals surface area contributed by atoms with Crippen LogP contribution in [0.25, 0.3) is 10.8 Å². The zero-order valence-electron chi connectivity index (χ0n) is 16.6. The molecule has 2 aromatic heterocycles. The highest BCUT2D eigenvalue weighted by Crippen LogP contribution is 2.28. The predicted molar refractivity (Wildman–Crippen MR) is 111 cm³/mol. The fourth-order valence-electron chi connectivity index (χ4n) is 3.64. The van der Waals surface area contributed by atoms with Crippen LogP contribution in [-0.4, -0.2) is 53.3 Å². The van der Waals surface area contributed by atoms with Crippen LogP contribution >= 0.6 is 11.3 Å². The molecule has 3 aromatic rings. The topological polar surface area (TPSA) is 54.6 Å². The quantitative estimate of drug-likeness (QED) is 0.626. The molecule has 0 amide bonds. The summed E-state index contributed by atoms with van der Waals surface area (Å²) in [5, 5.41) is 10.5. The summed E-state index contributed by atoms with van der Waals surface area (Å²) in [6.07, 6.45) is 0. The highest BCUT2D eigenvalue weighted by atomic mass is 32.1. The lowest BCUT2D eigenvalue weighted by molar-refractivity contribution is 0.0871. The number of methoxy groups -OCH3 is 1. The number of aryl methyl sites for hydroxylation is 1. The van der Waals surface area contributed by atoms with Crippen molar-refractivity contribution in [3.05, 3.63) is 52.7 Å². The molecule has 1 aromatic carbocycles. The third kappa shape index (κ3) is 4.11. The van der Waals surface area contributed by atoms with Gasteiger partial charge in [0.2, 0.25) is 5.89 Å². The van der Waals surface area contributed by atoms with Gasteiger partial charge in [0.15, 0.2) is 0 Å². The van der Waals surface area contributed by atoms with Gasteiger partial charge in [-0.2, -0.15) is 0 Å². The van der Waals surface area contributed by atoms with Gasteiger partial charge < -0.3 is 9.15 Å². The van der Waals surface area contributed by atoms with Gasteiger partial charge >= 0.3 is 0 Å². The number of nitrogens with zero attached hydrogens (tertiary/aromatic N) is 4. The monoisotopic (exact) mass is 398 g/mol. The Bertz CT molecular complexity index is 901. The van der Waals surface area contributed by atoms with E-state index in [9.17, 15) is 0 Å². The average Bonchev–Trinajstić information content (AvgIpc) is 3.40. The van der Waals surface area contributed by atoms with Crippen LogP contribution in [0, 0.1) is 6.92 Å². The highest BCUT2D eigenvalue weighted by molar-refractivity contribution is 7.13. The first-order chi connectivity index (χ1) is 13.6. The number of ether oxygens (including phenoxy) is 1. The Morgan fingerprint density at radius 2 is 2.00 bits per heavy atom. The molecule has 1 aliphatic rings. The molecule has 3 heterocycles. The first-order valence-corrected chi connectivity index (χ1v) is 10.5. The van der Waals surface area contributed by atoms with Crippen molar-refractivity contribution in [1.29, 1.82) is 0 Å². The highest BCUT2D eigenvalue weighted by Gasteiger charge is 2.26. The van der Waals surface area contributed by atoms with E-state index in [4.69, 9.17) is 9.15 Å². The molecule has 0 radical (unpaired) electrons. The fraction of sp³-hybridized carbons (Fsp3) is 0.429. The number of piperazine rings is 1. The second kappa shape index (κ2) is 8.43. The number of thiophene rings is 1. The van der Waals surface area contributed by atoms with Gasteiger partial charge in [-0.05, 0) is 31.4 Å². The molecule has 0 unspecified atom stereocenters. The number of hydrogen-bond donors (Lipinski definition) is 0. The summed E-state index contributed by atoms with van der Waals surface area (Å²) in [6, 6.07) is 10.5. The number of rotatable bonds is 6. The van der Waals surface area contributed by atoms with Crippen LogP contribution in [-0.2, 0) is 6.54 Å². The Labute approximate surface area is 169 Å². The van der Waals surface area contributed by atoms with E-state index in [0.717, 1.165) is 43.4 Å². The van der Waals surface area contributed by atoms with E-state index in [1.807, 2.05) is 17.5 Å². The molecular weight excluding hydrogens is 372 g/mol. The molecular formula is C21H26N4O2S. The lowest BCUT2D eigenvalue weighted by Crippen LogP contribution is -2.46. The van der Waals surface area contributed by atoms with Gasteiger partial charge in [-0.3, -0.25) is 9.80 Å². The lowest BCUT2D eigenvalue weighted by Gasteiger charge is -2.37. The third-order valence-electron chi connectivity index (χ3n) is 5.31. The summed E-state index contributed by atoms with van der Waals surface area (Å²) in [5.74, 6) is 2.27. The molecule has 0 aliphatic carbocycles. The van der Waals surface area contributed by atoms with Crippen LogP contribution in [0.3, 0.4) is 0 Å². The van der Waals surface area contributed by atoms with Crippen LogP contribution in [0.5, 0.6) is 5.75 Å². The number of benzene rings is 1. The van der Waals surface area contributed by atoms with E-state index in [2.05, 4.69) is 52.0 Å². The molecule has 148 valence electrons. The molecule has 28 heavy (non-hydrogen) atoms. The minimum atomic E-state index is 0.122. The van der Waals surface area contributed by atoms with E-state index in [1.165, 1.54) is 11.1 Å². The van der Waals surface area contributed by atoms with Crippen molar-refractivity contribution in [3.63, 3.8) is 0 Å². The maximum Gasteiger partial charge on any atom is 0.257 e. The van der Waals surface area contributed by atoms with Gasteiger partial charge in [-0.25, -0.2) is 0 Å². The van der Waals surface area contributed by atoms with Crippen molar-refractivity contribution < 1.29 is 9.15 Å². The van der Waals surface area contributed by atoms with Crippen molar-refractivity contribution in [1.82, 2.24) is 20.0 Å². The van der Waals surface area contributed by atoms with Crippen molar-refractivity contribution in [2.24, 2.45) is 0 Å². The molecule has 0 bridgehead atoms. The first-order valence-electron chi connectivity index (χ1n) is 9.61. The zero-order chi connectivity index (χ0) is 19.5. The zero-order valence-corrected chi connectivity index (χ0v) is 17.4. The SMILES string of the molecule is COc1ccc(C)cc1CN1CCN([C@@H](C)c2nnc(-c3cccs3)o2)CC1. The van der Waals surface area contributed by atoms with Crippen LogP contribution in [0.4, 0.5) is 0 Å². The van der Waals surface area contributed by atoms with Crippen molar-refractivity contribution >= 4 is 11.3 Å². The molecule has 1 atom stereocenters. The van der Waals surface area contributed by atoms with Crippen LogP contribution < -0.4 is 4.74 Å². The van der Waals surface area contributed by atoms with Crippen molar-refractivity contribution in [3.8, 4) is 16.5 Å². The second-order valence-corrected chi connectivity index (χ2v) is 8.17. The van der Waals surface area contributed by atoms with E-state index < -0.39 is 0 Å². The number of hydrogen-bond acceptors (Lipinski definition) is 7. The summed E-state index contributed by atoms with van der Waals surface area (Å²) in [6.45, 7) is 9.15. The largest absolute Gasteiger partial charge is 0.496 e. The summed E-state index contributed by atoms with van der Waals surface area (Å²) in [7, 11) is 1.74. The Kier molecular flexibility index (Phi) is 5.75. The fourth-order valence-corrected chi connectivity index (χ4v) is 4.28. The maximum absolute atomic E-state index is 5.93. The van der Waals surface area contributed by atoms with Gasteiger partial charge in [0.05, 0.1) is 18.0 Å². The van der Waals surface area contributed by atoms with Gasteiger partial charge in [0, 0.05) is 38.3 Å². The van der Waals surface area contributed by atoms with Gasteiger partial charge in [0.25, 0.3) is 5.89 Å². The predicted octanol–water partition coefficient (Wildman–Crippen LogP) is 3.99. The van der Waals surface area contributed by atoms with E-state index in [0.29, 0.717) is 11.8 Å². The molecule has 0 saturated carbocycles. The summed E-state index contributed by atoms with van der Waals surface area (Å²) < 4.78 is 11.5. The van der Waals surface area contributed by atoms with Crippen LogP contribution in [0.15, 0.2) is 40.1 Å². The number of aromatic nitrogens is 2. The third-order valence-corrected chi connectivity index (χ3v) is 6.17. The minimum absolute atomic E-state index is 0.122. The van der Waals surface area contributed by atoms with Gasteiger partial charge in [0.1, 0.15) is 5.75 Å².